The third-order valence-corrected chi connectivity index (χ3v) is 10.8. The summed E-state index contributed by atoms with van der Waals surface area (Å²) in [5.41, 5.74) is 2.07. The van der Waals surface area contributed by atoms with Gasteiger partial charge in [0.05, 0.1) is 15.4 Å². The van der Waals surface area contributed by atoms with Gasteiger partial charge in [-0.3, -0.25) is 4.79 Å². The number of rotatable bonds is 5. The lowest BCUT2D eigenvalue weighted by atomic mass is 9.72. The van der Waals surface area contributed by atoms with E-state index in [1.807, 2.05) is 6.07 Å². The molecule has 3 aromatic rings. The molecule has 1 aromatic heterocycles. The molecule has 0 saturated heterocycles. The van der Waals surface area contributed by atoms with Crippen molar-refractivity contribution in [2.75, 3.05) is 6.54 Å². The van der Waals surface area contributed by atoms with Gasteiger partial charge in [0.1, 0.15) is 5.69 Å². The van der Waals surface area contributed by atoms with Crippen molar-refractivity contribution in [3.63, 3.8) is 0 Å². The SMILES string of the molecule is O=C(NCc1ccc(S(=O)(=O)c2ccc(Cl)cc2C(F)(F)F)cc1)c1cc2c([nH]1)C1(CCCCCCCCCC1)CNC2. The van der Waals surface area contributed by atoms with Crippen molar-refractivity contribution < 1.29 is 26.4 Å². The lowest BCUT2D eigenvalue weighted by molar-refractivity contribution is -0.139. The molecule has 0 bridgehead atoms. The van der Waals surface area contributed by atoms with E-state index in [0.717, 1.165) is 37.1 Å². The van der Waals surface area contributed by atoms with Gasteiger partial charge in [-0.1, -0.05) is 75.1 Å². The molecule has 11 heteroatoms. The Morgan fingerprint density at radius 2 is 1.53 bits per heavy atom. The predicted octanol–water partition coefficient (Wildman–Crippen LogP) is 7.71. The maximum absolute atomic E-state index is 13.5. The summed E-state index contributed by atoms with van der Waals surface area (Å²) in [6.07, 6.45) is 7.25. The minimum atomic E-state index is -4.89. The smallest absolute Gasteiger partial charge is 0.354 e. The summed E-state index contributed by atoms with van der Waals surface area (Å²) < 4.78 is 66.8. The number of halogens is 4. The van der Waals surface area contributed by atoms with Crippen LogP contribution in [-0.4, -0.2) is 25.9 Å². The highest BCUT2D eigenvalue weighted by atomic mass is 35.5. The van der Waals surface area contributed by atoms with Crippen LogP contribution in [0.15, 0.2) is 58.3 Å². The maximum atomic E-state index is 13.5. The van der Waals surface area contributed by atoms with Gasteiger partial charge in [-0.2, -0.15) is 13.2 Å². The van der Waals surface area contributed by atoms with Crippen molar-refractivity contribution in [2.24, 2.45) is 0 Å². The minimum Gasteiger partial charge on any atom is -0.354 e. The molecule has 1 fully saturated rings. The van der Waals surface area contributed by atoms with Crippen LogP contribution in [0.2, 0.25) is 5.02 Å². The Bertz CT molecular complexity index is 1540. The van der Waals surface area contributed by atoms with E-state index < -0.39 is 26.5 Å². The number of hydrogen-bond acceptors (Lipinski definition) is 4. The van der Waals surface area contributed by atoms with Crippen LogP contribution in [0.3, 0.4) is 0 Å². The van der Waals surface area contributed by atoms with E-state index >= 15 is 0 Å². The number of amides is 1. The Balaban J connectivity index is 1.28. The fraction of sp³-hybridized carbons (Fsp3) is 0.469. The van der Waals surface area contributed by atoms with Gasteiger partial charge in [-0.05, 0) is 60.4 Å². The van der Waals surface area contributed by atoms with Crippen LogP contribution in [0, 0.1) is 0 Å². The third kappa shape index (κ3) is 7.13. The standard InChI is InChI=1S/C32H37ClF3N3O3S/c33-24-11-14-28(26(18-24)32(34,35)36)43(41,42)25-12-9-22(10-13-25)19-38-30(40)27-17-23-20-37-21-31(29(23)39-27)15-7-5-3-1-2-4-6-8-16-31/h9-14,17-18,37,39H,1-8,15-16,19-21H2,(H,38,40). The van der Waals surface area contributed by atoms with Crippen LogP contribution in [-0.2, 0) is 34.5 Å². The van der Waals surface area contributed by atoms with Gasteiger partial charge in [-0.15, -0.1) is 0 Å². The fourth-order valence-electron chi connectivity index (χ4n) is 6.45. The summed E-state index contributed by atoms with van der Waals surface area (Å²) in [5, 5.41) is 6.26. The first kappa shape index (κ1) is 31.6. The molecule has 232 valence electrons. The number of alkyl halides is 3. The van der Waals surface area contributed by atoms with E-state index in [4.69, 9.17) is 11.6 Å². The van der Waals surface area contributed by atoms with E-state index in [1.165, 1.54) is 81.3 Å². The van der Waals surface area contributed by atoms with E-state index in [0.29, 0.717) is 23.9 Å². The highest BCUT2D eigenvalue weighted by Gasteiger charge is 2.39. The summed E-state index contributed by atoms with van der Waals surface area (Å²) in [6, 6.07) is 9.97. The zero-order valence-electron chi connectivity index (χ0n) is 24.0. The molecular weight excluding hydrogens is 599 g/mol. The van der Waals surface area contributed by atoms with Crippen LogP contribution in [0.4, 0.5) is 13.2 Å². The topological polar surface area (TPSA) is 91.1 Å². The first-order chi connectivity index (χ1) is 20.5. The van der Waals surface area contributed by atoms with Crippen LogP contribution >= 0.6 is 11.6 Å². The van der Waals surface area contributed by atoms with Crippen molar-refractivity contribution in [1.29, 1.82) is 0 Å². The lowest BCUT2D eigenvalue weighted by Crippen LogP contribution is -2.43. The van der Waals surface area contributed by atoms with Crippen molar-refractivity contribution in [2.45, 2.75) is 98.7 Å². The molecule has 0 atom stereocenters. The number of sulfone groups is 1. The molecule has 1 saturated carbocycles. The molecule has 2 aromatic carbocycles. The second kappa shape index (κ2) is 13.0. The number of aromatic nitrogens is 1. The predicted molar refractivity (Wildman–Crippen MR) is 160 cm³/mol. The van der Waals surface area contributed by atoms with Gasteiger partial charge in [0.2, 0.25) is 9.84 Å². The molecule has 1 spiro atoms. The molecule has 2 heterocycles. The van der Waals surface area contributed by atoms with Crippen LogP contribution < -0.4 is 10.6 Å². The van der Waals surface area contributed by atoms with Crippen molar-refractivity contribution >= 4 is 27.3 Å². The van der Waals surface area contributed by atoms with Crippen molar-refractivity contribution in [1.82, 2.24) is 15.6 Å². The van der Waals surface area contributed by atoms with Gasteiger partial charge < -0.3 is 15.6 Å². The molecule has 6 nitrogen and oxygen atoms in total. The highest BCUT2D eigenvalue weighted by Crippen LogP contribution is 2.40. The number of fused-ring (bicyclic) bond motifs is 2. The lowest BCUT2D eigenvalue weighted by Gasteiger charge is -2.38. The van der Waals surface area contributed by atoms with E-state index in [1.54, 1.807) is 0 Å². The fourth-order valence-corrected chi connectivity index (χ4v) is 8.08. The number of hydrogen-bond donors (Lipinski definition) is 3. The summed E-state index contributed by atoms with van der Waals surface area (Å²) in [6.45, 7) is 1.73. The number of benzene rings is 2. The van der Waals surface area contributed by atoms with Crippen LogP contribution in [0.1, 0.15) is 97.1 Å². The summed E-state index contributed by atoms with van der Waals surface area (Å²) in [7, 11) is -4.46. The maximum Gasteiger partial charge on any atom is 0.417 e. The molecule has 1 aliphatic heterocycles. The second-order valence-electron chi connectivity index (χ2n) is 11.8. The quantitative estimate of drug-likeness (QED) is 0.268. The zero-order valence-corrected chi connectivity index (χ0v) is 25.5. The van der Waals surface area contributed by atoms with Crippen molar-refractivity contribution in [3.05, 3.63) is 81.6 Å². The van der Waals surface area contributed by atoms with Crippen molar-refractivity contribution in [3.8, 4) is 0 Å². The molecule has 0 unspecified atom stereocenters. The Hall–Kier alpha value is -2.82. The molecule has 0 radical (unpaired) electrons. The van der Waals surface area contributed by atoms with Gasteiger partial charge in [0.15, 0.2) is 0 Å². The summed E-state index contributed by atoms with van der Waals surface area (Å²) in [4.78, 5) is 15.5. The minimum absolute atomic E-state index is 0.00611. The van der Waals surface area contributed by atoms with Crippen LogP contribution in [0.5, 0.6) is 0 Å². The molecule has 3 N–H and O–H groups in total. The summed E-state index contributed by atoms with van der Waals surface area (Å²) in [5.74, 6) is -0.270. The second-order valence-corrected chi connectivity index (χ2v) is 14.1. The first-order valence-electron chi connectivity index (χ1n) is 14.9. The van der Waals surface area contributed by atoms with Gasteiger partial charge in [-0.25, -0.2) is 8.42 Å². The zero-order chi connectivity index (χ0) is 30.7. The monoisotopic (exact) mass is 635 g/mol. The molecule has 5 rings (SSSR count). The highest BCUT2D eigenvalue weighted by molar-refractivity contribution is 7.91. The van der Waals surface area contributed by atoms with E-state index in [-0.39, 0.29) is 27.8 Å². The number of carbonyl (C=O) groups is 1. The van der Waals surface area contributed by atoms with Gasteiger partial charge in [0, 0.05) is 35.8 Å². The number of H-pyrrole nitrogens is 1. The largest absolute Gasteiger partial charge is 0.417 e. The number of carbonyl (C=O) groups excluding carboxylic acids is 1. The number of aromatic amines is 1. The summed E-state index contributed by atoms with van der Waals surface area (Å²) >= 11 is 5.71. The van der Waals surface area contributed by atoms with Gasteiger partial charge >= 0.3 is 6.18 Å². The Labute approximate surface area is 255 Å². The molecule has 43 heavy (non-hydrogen) atoms. The van der Waals surface area contributed by atoms with E-state index in [2.05, 4.69) is 15.6 Å². The molecule has 1 aliphatic carbocycles. The first-order valence-corrected chi connectivity index (χ1v) is 16.8. The van der Waals surface area contributed by atoms with Gasteiger partial charge in [0.25, 0.3) is 5.91 Å². The van der Waals surface area contributed by atoms with E-state index in [9.17, 15) is 26.4 Å². The average Bonchev–Trinajstić information content (AvgIpc) is 3.40. The van der Waals surface area contributed by atoms with Crippen LogP contribution in [0.25, 0.3) is 0 Å². The normalized spacial score (nSPS) is 18.0. The molecule has 1 amide bonds. The Kier molecular flexibility index (Phi) is 9.58. The Morgan fingerprint density at radius 1 is 0.907 bits per heavy atom. The Morgan fingerprint density at radius 3 is 2.16 bits per heavy atom. The molecular formula is C32H37ClF3N3O3S. The number of nitrogens with one attached hydrogen (secondary N) is 3. The molecule has 2 aliphatic rings. The average molecular weight is 636 g/mol. The third-order valence-electron chi connectivity index (χ3n) is 8.74.